The van der Waals surface area contributed by atoms with Crippen LogP contribution in [0.5, 0.6) is 0 Å². The number of nitrogens with zero attached hydrogens (tertiary/aromatic N) is 3. The highest BCUT2D eigenvalue weighted by Crippen LogP contribution is 2.40. The lowest BCUT2D eigenvalue weighted by Crippen LogP contribution is -2.51. The van der Waals surface area contributed by atoms with Crippen LogP contribution in [0.3, 0.4) is 0 Å². The molecule has 0 saturated carbocycles. The molecule has 1 fully saturated rings. The Bertz CT molecular complexity index is 1300. The Hall–Kier alpha value is -4.06. The van der Waals surface area contributed by atoms with Gasteiger partial charge >= 0.3 is 0 Å². The van der Waals surface area contributed by atoms with Gasteiger partial charge < -0.3 is 25.5 Å². The minimum Gasteiger partial charge on any atom is -0.388 e. The lowest BCUT2D eigenvalue weighted by Gasteiger charge is -2.36. The molecule has 3 N–H and O–H groups in total. The van der Waals surface area contributed by atoms with E-state index in [0.717, 1.165) is 10.5 Å². The van der Waals surface area contributed by atoms with Crippen molar-refractivity contribution in [2.45, 2.75) is 25.2 Å². The van der Waals surface area contributed by atoms with Gasteiger partial charge in [-0.3, -0.25) is 9.59 Å². The van der Waals surface area contributed by atoms with Gasteiger partial charge in [0, 0.05) is 41.7 Å². The van der Waals surface area contributed by atoms with Crippen molar-refractivity contribution in [2.75, 3.05) is 39.0 Å². The Kier molecular flexibility index (Phi) is 9.35. The quantitative estimate of drug-likeness (QED) is 0.312. The van der Waals surface area contributed by atoms with Crippen molar-refractivity contribution in [2.24, 2.45) is 0 Å². The maximum absolute atomic E-state index is 14.7. The number of alkyl halides is 2. The van der Waals surface area contributed by atoms with Crippen molar-refractivity contribution in [3.63, 3.8) is 0 Å². The number of piperidine rings is 1. The number of rotatable bonds is 7. The van der Waals surface area contributed by atoms with Crippen molar-refractivity contribution in [3.8, 4) is 11.4 Å². The zero-order valence-electron chi connectivity index (χ0n) is 21.2. The zero-order chi connectivity index (χ0) is 27.9. The molecule has 202 valence electrons. The van der Waals surface area contributed by atoms with E-state index in [-0.39, 0.29) is 42.9 Å². The molecule has 0 bridgehead atoms. The standard InChI is InChI=1S/C19H24F2N6O2.C7H5FO/c1-11(22)13-5-4-12(8-15(13)24-3)17-25-18(29-26-17)14-6-7-27(10-19(14,20)21)16(28)9-23-2;8-7-3-1-2-6(4-7)5-9/h4-5,8,14,22-24H,6-7,9-10H2,1-3H3;1-5H. The van der Waals surface area contributed by atoms with Crippen molar-refractivity contribution < 1.29 is 27.3 Å². The number of likely N-dealkylation sites (tertiary alicyclic amines) is 1. The molecule has 38 heavy (non-hydrogen) atoms. The number of hydrogen-bond donors (Lipinski definition) is 3. The van der Waals surface area contributed by atoms with Gasteiger partial charge in [0.15, 0.2) is 0 Å². The van der Waals surface area contributed by atoms with Gasteiger partial charge in [-0.1, -0.05) is 29.4 Å². The largest absolute Gasteiger partial charge is 0.388 e. The molecule has 1 amide bonds. The van der Waals surface area contributed by atoms with Gasteiger partial charge in [0.2, 0.25) is 17.6 Å². The fraction of sp³-hybridized carbons (Fsp3) is 0.346. The summed E-state index contributed by atoms with van der Waals surface area (Å²) in [5, 5.41) is 17.4. The van der Waals surface area contributed by atoms with Gasteiger partial charge in [0.1, 0.15) is 18.0 Å². The normalized spacial score (nSPS) is 16.3. The van der Waals surface area contributed by atoms with Crippen LogP contribution in [0.15, 0.2) is 47.0 Å². The topological polar surface area (TPSA) is 124 Å². The molecule has 0 aliphatic carbocycles. The second kappa shape index (κ2) is 12.5. The first-order valence-corrected chi connectivity index (χ1v) is 11.8. The maximum atomic E-state index is 14.7. The molecule has 1 aliphatic heterocycles. The van der Waals surface area contributed by atoms with E-state index in [1.807, 2.05) is 0 Å². The number of likely N-dealkylation sites (N-methyl/N-ethyl adjacent to an activating group) is 1. The highest BCUT2D eigenvalue weighted by atomic mass is 19.3. The molecule has 1 aliphatic rings. The van der Waals surface area contributed by atoms with Crippen LogP contribution in [0, 0.1) is 11.2 Å². The Balaban J connectivity index is 0.000000375. The molecule has 1 atom stereocenters. The van der Waals surface area contributed by atoms with E-state index in [0.29, 0.717) is 28.8 Å². The predicted octanol–water partition coefficient (Wildman–Crippen LogP) is 3.97. The lowest BCUT2D eigenvalue weighted by atomic mass is 9.92. The van der Waals surface area contributed by atoms with Gasteiger partial charge in [-0.05, 0) is 38.6 Å². The number of aldehydes is 1. The molecule has 1 aromatic heterocycles. The van der Waals surface area contributed by atoms with Gasteiger partial charge in [-0.2, -0.15) is 4.98 Å². The van der Waals surface area contributed by atoms with E-state index >= 15 is 0 Å². The highest BCUT2D eigenvalue weighted by molar-refractivity contribution is 6.02. The first-order valence-electron chi connectivity index (χ1n) is 11.8. The van der Waals surface area contributed by atoms with Crippen molar-refractivity contribution in [1.82, 2.24) is 20.4 Å². The molecule has 1 unspecified atom stereocenters. The van der Waals surface area contributed by atoms with Crippen LogP contribution in [-0.2, 0) is 4.79 Å². The Labute approximate surface area is 217 Å². The molecular weight excluding hydrogens is 501 g/mol. The van der Waals surface area contributed by atoms with E-state index in [2.05, 4.69) is 20.8 Å². The fourth-order valence-corrected chi connectivity index (χ4v) is 4.01. The van der Waals surface area contributed by atoms with Crippen LogP contribution in [0.4, 0.5) is 18.9 Å². The number of halogens is 3. The molecule has 0 spiro atoms. The Morgan fingerprint density at radius 3 is 2.61 bits per heavy atom. The minimum atomic E-state index is -3.16. The maximum Gasteiger partial charge on any atom is 0.276 e. The number of benzene rings is 2. The summed E-state index contributed by atoms with van der Waals surface area (Å²) in [6.45, 7) is 1.23. The van der Waals surface area contributed by atoms with E-state index < -0.39 is 18.4 Å². The third kappa shape index (κ3) is 6.82. The molecule has 3 aromatic rings. The lowest BCUT2D eigenvalue weighted by molar-refractivity contribution is -0.144. The van der Waals surface area contributed by atoms with Crippen LogP contribution in [0.2, 0.25) is 0 Å². The number of nitrogens with one attached hydrogen (secondary N) is 3. The van der Waals surface area contributed by atoms with E-state index in [4.69, 9.17) is 9.93 Å². The fourth-order valence-electron chi connectivity index (χ4n) is 4.01. The number of anilines is 1. The summed E-state index contributed by atoms with van der Waals surface area (Å²) in [6, 6.07) is 10.8. The minimum absolute atomic E-state index is 0.0183. The van der Waals surface area contributed by atoms with Crippen LogP contribution in [-0.4, -0.2) is 72.6 Å². The smallest absolute Gasteiger partial charge is 0.276 e. The summed E-state index contributed by atoms with van der Waals surface area (Å²) in [5.74, 6) is -5.07. The van der Waals surface area contributed by atoms with E-state index in [1.54, 1.807) is 45.3 Å². The summed E-state index contributed by atoms with van der Waals surface area (Å²) < 4.78 is 46.8. The molecule has 12 heteroatoms. The highest BCUT2D eigenvalue weighted by Gasteiger charge is 2.49. The van der Waals surface area contributed by atoms with Crippen molar-refractivity contribution >= 4 is 23.6 Å². The second-order valence-corrected chi connectivity index (χ2v) is 8.71. The zero-order valence-corrected chi connectivity index (χ0v) is 21.2. The summed E-state index contributed by atoms with van der Waals surface area (Å²) in [6.07, 6.45) is 0.654. The first-order chi connectivity index (χ1) is 18.1. The number of amides is 1. The molecule has 1 saturated heterocycles. The van der Waals surface area contributed by atoms with Gasteiger partial charge in [-0.25, -0.2) is 13.2 Å². The third-order valence-corrected chi connectivity index (χ3v) is 5.96. The van der Waals surface area contributed by atoms with Gasteiger partial charge in [0.25, 0.3) is 5.92 Å². The number of carbonyl (C=O) groups is 2. The van der Waals surface area contributed by atoms with Crippen molar-refractivity contribution in [3.05, 3.63) is 65.3 Å². The van der Waals surface area contributed by atoms with Gasteiger partial charge in [0.05, 0.1) is 13.1 Å². The number of hydrogen-bond acceptors (Lipinski definition) is 8. The third-order valence-electron chi connectivity index (χ3n) is 5.96. The Morgan fingerprint density at radius 2 is 2.03 bits per heavy atom. The van der Waals surface area contributed by atoms with E-state index in [9.17, 15) is 22.8 Å². The van der Waals surface area contributed by atoms with Crippen LogP contribution in [0.25, 0.3) is 11.4 Å². The summed E-state index contributed by atoms with van der Waals surface area (Å²) in [7, 11) is 3.33. The summed E-state index contributed by atoms with van der Waals surface area (Å²) >= 11 is 0. The molecular formula is C26H29F3N6O3. The average molecular weight is 531 g/mol. The monoisotopic (exact) mass is 530 g/mol. The van der Waals surface area contributed by atoms with Crippen LogP contribution >= 0.6 is 0 Å². The molecule has 0 radical (unpaired) electrons. The first kappa shape index (κ1) is 28.5. The molecule has 2 heterocycles. The Morgan fingerprint density at radius 1 is 1.26 bits per heavy atom. The van der Waals surface area contributed by atoms with Gasteiger partial charge in [-0.15, -0.1) is 0 Å². The second-order valence-electron chi connectivity index (χ2n) is 8.71. The average Bonchev–Trinajstić information content (AvgIpc) is 3.38. The molecule has 9 nitrogen and oxygen atoms in total. The van der Waals surface area contributed by atoms with Crippen LogP contribution in [0.1, 0.15) is 41.1 Å². The molecule has 4 rings (SSSR count). The molecule has 2 aromatic carbocycles. The number of aromatic nitrogens is 2. The summed E-state index contributed by atoms with van der Waals surface area (Å²) in [4.78, 5) is 27.3. The SMILES string of the molecule is CNCC(=O)N1CCC(c2nc(-c3ccc(C(C)=N)c(NC)c3)no2)C(F)(F)C1.O=Cc1cccc(F)c1. The predicted molar refractivity (Wildman–Crippen MR) is 136 cm³/mol. The number of carbonyl (C=O) groups excluding carboxylic acids is 2. The van der Waals surface area contributed by atoms with E-state index in [1.165, 1.54) is 18.2 Å². The summed E-state index contributed by atoms with van der Waals surface area (Å²) in [5.41, 5.74) is 2.80. The van der Waals surface area contributed by atoms with Crippen molar-refractivity contribution in [1.29, 1.82) is 5.41 Å². The van der Waals surface area contributed by atoms with Crippen LogP contribution < -0.4 is 10.6 Å².